The highest BCUT2D eigenvalue weighted by atomic mass is 19.3. The zero-order valence-electron chi connectivity index (χ0n) is 14.6. The van der Waals surface area contributed by atoms with Crippen LogP contribution in [0.3, 0.4) is 0 Å². The van der Waals surface area contributed by atoms with Crippen molar-refractivity contribution in [1.29, 1.82) is 0 Å². The second-order valence-electron chi connectivity index (χ2n) is 5.90. The lowest BCUT2D eigenvalue weighted by atomic mass is 10.1. The minimum Gasteiger partial charge on any atom is -0.435 e. The fourth-order valence-corrected chi connectivity index (χ4v) is 2.39. The van der Waals surface area contributed by atoms with Crippen molar-refractivity contribution in [3.05, 3.63) is 65.2 Å². The number of halogens is 4. The number of carbonyl (C=O) groups is 1. The van der Waals surface area contributed by atoms with E-state index in [1.807, 2.05) is 0 Å². The number of amides is 1. The molecule has 0 radical (unpaired) electrons. The Balaban J connectivity index is 1.70. The quantitative estimate of drug-likeness (QED) is 0.650. The summed E-state index contributed by atoms with van der Waals surface area (Å²) in [5, 5.41) is 5.65. The molecule has 0 unspecified atom stereocenters. The first-order valence-electron chi connectivity index (χ1n) is 8.34. The molecular weight excluding hydrogens is 364 g/mol. The van der Waals surface area contributed by atoms with Gasteiger partial charge in [0.05, 0.1) is 6.54 Å². The number of benzene rings is 2. The van der Waals surface area contributed by atoms with E-state index in [9.17, 15) is 22.4 Å². The van der Waals surface area contributed by atoms with E-state index >= 15 is 0 Å². The zero-order chi connectivity index (χ0) is 19.8. The molecule has 0 fully saturated rings. The van der Waals surface area contributed by atoms with Gasteiger partial charge in [0.15, 0.2) is 11.6 Å². The standard InChI is InChI=1S/C19H20F4N2O2/c1-12(14-4-7-16(20)17(21)10-14)25-11-18(26)24-9-8-13-2-5-15(6-3-13)27-19(22)23/h2-7,10,12,19,25H,8-9,11H2,1H3,(H,24,26)/t12-/m0/s1. The first-order valence-corrected chi connectivity index (χ1v) is 8.34. The zero-order valence-corrected chi connectivity index (χ0v) is 14.6. The highest BCUT2D eigenvalue weighted by Crippen LogP contribution is 2.16. The molecule has 0 aliphatic heterocycles. The van der Waals surface area contributed by atoms with E-state index < -0.39 is 18.2 Å². The van der Waals surface area contributed by atoms with Gasteiger partial charge in [0.2, 0.25) is 5.91 Å². The van der Waals surface area contributed by atoms with Crippen LogP contribution in [0.1, 0.15) is 24.1 Å². The van der Waals surface area contributed by atoms with Crippen molar-refractivity contribution in [1.82, 2.24) is 10.6 Å². The number of nitrogens with one attached hydrogen (secondary N) is 2. The largest absolute Gasteiger partial charge is 0.435 e. The molecule has 0 aliphatic carbocycles. The maximum atomic E-state index is 13.2. The smallest absolute Gasteiger partial charge is 0.387 e. The van der Waals surface area contributed by atoms with Crippen LogP contribution in [0.15, 0.2) is 42.5 Å². The minimum atomic E-state index is -2.86. The first-order chi connectivity index (χ1) is 12.8. The van der Waals surface area contributed by atoms with Gasteiger partial charge in [0.25, 0.3) is 0 Å². The van der Waals surface area contributed by atoms with Crippen LogP contribution < -0.4 is 15.4 Å². The van der Waals surface area contributed by atoms with Crippen LogP contribution in [0.5, 0.6) is 5.75 Å². The van der Waals surface area contributed by atoms with E-state index in [4.69, 9.17) is 0 Å². The molecule has 0 saturated heterocycles. The van der Waals surface area contributed by atoms with E-state index in [0.717, 1.165) is 17.7 Å². The van der Waals surface area contributed by atoms with Gasteiger partial charge in [-0.05, 0) is 48.7 Å². The lowest BCUT2D eigenvalue weighted by Crippen LogP contribution is -2.36. The van der Waals surface area contributed by atoms with E-state index in [-0.39, 0.29) is 24.2 Å². The summed E-state index contributed by atoms with van der Waals surface area (Å²) >= 11 is 0. The highest BCUT2D eigenvalue weighted by Gasteiger charge is 2.10. The van der Waals surface area contributed by atoms with Gasteiger partial charge >= 0.3 is 6.61 Å². The third kappa shape index (κ3) is 6.90. The molecule has 1 amide bonds. The fourth-order valence-electron chi connectivity index (χ4n) is 2.39. The molecule has 1 atom stereocenters. The van der Waals surface area contributed by atoms with E-state index in [1.54, 1.807) is 19.1 Å². The number of hydrogen-bond acceptors (Lipinski definition) is 3. The van der Waals surface area contributed by atoms with E-state index in [2.05, 4.69) is 15.4 Å². The van der Waals surface area contributed by atoms with Gasteiger partial charge in [-0.25, -0.2) is 8.78 Å². The third-order valence-corrected chi connectivity index (χ3v) is 3.90. The van der Waals surface area contributed by atoms with Crippen molar-refractivity contribution in [2.75, 3.05) is 13.1 Å². The van der Waals surface area contributed by atoms with Gasteiger partial charge in [-0.1, -0.05) is 18.2 Å². The average molecular weight is 384 g/mol. The van der Waals surface area contributed by atoms with Crippen molar-refractivity contribution in [3.63, 3.8) is 0 Å². The predicted octanol–water partition coefficient (Wildman–Crippen LogP) is 3.58. The Labute approximate surface area is 154 Å². The molecule has 2 aromatic rings. The molecule has 8 heteroatoms. The van der Waals surface area contributed by atoms with E-state index in [0.29, 0.717) is 18.5 Å². The molecule has 146 valence electrons. The summed E-state index contributed by atoms with van der Waals surface area (Å²) in [7, 11) is 0. The predicted molar refractivity (Wildman–Crippen MR) is 92.6 cm³/mol. The summed E-state index contributed by atoms with van der Waals surface area (Å²) in [6.45, 7) is -0.740. The Hall–Kier alpha value is -2.61. The summed E-state index contributed by atoms with van der Waals surface area (Å²) < 4.78 is 54.6. The Morgan fingerprint density at radius 1 is 1.07 bits per heavy atom. The van der Waals surface area contributed by atoms with Crippen LogP contribution in [-0.2, 0) is 11.2 Å². The van der Waals surface area contributed by atoms with Gasteiger partial charge in [-0.3, -0.25) is 4.79 Å². The summed E-state index contributed by atoms with van der Waals surface area (Å²) in [5.74, 6) is -2.02. The lowest BCUT2D eigenvalue weighted by molar-refractivity contribution is -0.120. The van der Waals surface area contributed by atoms with Crippen LogP contribution in [-0.4, -0.2) is 25.6 Å². The normalized spacial score (nSPS) is 12.1. The Kier molecular flexibility index (Phi) is 7.60. The Bertz CT molecular complexity index is 754. The second kappa shape index (κ2) is 9.91. The van der Waals surface area contributed by atoms with Gasteiger partial charge < -0.3 is 15.4 Å². The first kappa shape index (κ1) is 20.7. The minimum absolute atomic E-state index is 0.0152. The summed E-state index contributed by atoms with van der Waals surface area (Å²) in [6, 6.07) is 9.43. The van der Waals surface area contributed by atoms with Crippen molar-refractivity contribution in [2.24, 2.45) is 0 Å². The van der Waals surface area contributed by atoms with Gasteiger partial charge in [0.1, 0.15) is 5.75 Å². The molecular formula is C19H20F4N2O2. The van der Waals surface area contributed by atoms with Crippen LogP contribution in [0, 0.1) is 11.6 Å². The van der Waals surface area contributed by atoms with Crippen LogP contribution in [0.25, 0.3) is 0 Å². The summed E-state index contributed by atoms with van der Waals surface area (Å²) in [5.41, 5.74) is 1.40. The van der Waals surface area contributed by atoms with Crippen LogP contribution in [0.4, 0.5) is 17.6 Å². The Morgan fingerprint density at radius 2 is 1.78 bits per heavy atom. The maximum absolute atomic E-state index is 13.2. The van der Waals surface area contributed by atoms with Gasteiger partial charge in [-0.15, -0.1) is 0 Å². The molecule has 27 heavy (non-hydrogen) atoms. The molecule has 2 aromatic carbocycles. The molecule has 0 aliphatic rings. The fraction of sp³-hybridized carbons (Fsp3) is 0.316. The molecule has 2 rings (SSSR count). The highest BCUT2D eigenvalue weighted by molar-refractivity contribution is 5.78. The molecule has 2 N–H and O–H groups in total. The second-order valence-corrected chi connectivity index (χ2v) is 5.90. The molecule has 0 heterocycles. The number of hydrogen-bond donors (Lipinski definition) is 2. The number of carbonyl (C=O) groups excluding carboxylic acids is 1. The SMILES string of the molecule is C[C@H](NCC(=O)NCCc1ccc(OC(F)F)cc1)c1ccc(F)c(F)c1. The van der Waals surface area contributed by atoms with Gasteiger partial charge in [0, 0.05) is 12.6 Å². The summed E-state index contributed by atoms with van der Waals surface area (Å²) in [4.78, 5) is 11.9. The van der Waals surface area contributed by atoms with Crippen LogP contribution >= 0.6 is 0 Å². The van der Waals surface area contributed by atoms with Gasteiger partial charge in [-0.2, -0.15) is 8.78 Å². The molecule has 4 nitrogen and oxygen atoms in total. The topological polar surface area (TPSA) is 50.4 Å². The van der Waals surface area contributed by atoms with Crippen molar-refractivity contribution < 1.29 is 27.1 Å². The van der Waals surface area contributed by atoms with Crippen molar-refractivity contribution in [3.8, 4) is 5.75 Å². The monoisotopic (exact) mass is 384 g/mol. The number of ether oxygens (including phenoxy) is 1. The summed E-state index contributed by atoms with van der Waals surface area (Å²) in [6.07, 6.45) is 0.527. The Morgan fingerprint density at radius 3 is 2.41 bits per heavy atom. The molecule has 0 aromatic heterocycles. The molecule has 0 bridgehead atoms. The van der Waals surface area contributed by atoms with Crippen molar-refractivity contribution in [2.45, 2.75) is 26.0 Å². The van der Waals surface area contributed by atoms with Crippen molar-refractivity contribution >= 4 is 5.91 Å². The third-order valence-electron chi connectivity index (χ3n) is 3.90. The molecule has 0 spiro atoms. The maximum Gasteiger partial charge on any atom is 0.387 e. The number of alkyl halides is 2. The van der Waals surface area contributed by atoms with Crippen LogP contribution in [0.2, 0.25) is 0 Å². The average Bonchev–Trinajstić information content (AvgIpc) is 2.63. The number of rotatable bonds is 9. The lowest BCUT2D eigenvalue weighted by Gasteiger charge is -2.14. The molecule has 0 saturated carbocycles. The van der Waals surface area contributed by atoms with E-state index in [1.165, 1.54) is 18.2 Å².